The van der Waals surface area contributed by atoms with E-state index in [1.165, 1.54) is 15.6 Å². The highest BCUT2D eigenvalue weighted by molar-refractivity contribution is 7.89. The minimum Gasteiger partial charge on any atom is -0.385 e. The summed E-state index contributed by atoms with van der Waals surface area (Å²) in [6.45, 7) is 1.84. The summed E-state index contributed by atoms with van der Waals surface area (Å²) in [6.07, 6.45) is 1.24. The first-order chi connectivity index (χ1) is 16.0. The van der Waals surface area contributed by atoms with E-state index < -0.39 is 10.0 Å². The highest BCUT2D eigenvalue weighted by atomic mass is 32.2. The van der Waals surface area contributed by atoms with Gasteiger partial charge in [-0.15, -0.1) is 11.3 Å². The Labute approximate surface area is 198 Å². The molecule has 3 rings (SSSR count). The number of benzene rings is 2. The molecule has 0 fully saturated rings. The summed E-state index contributed by atoms with van der Waals surface area (Å²) in [6, 6.07) is 12.7. The van der Waals surface area contributed by atoms with Crippen molar-refractivity contribution in [2.45, 2.75) is 24.3 Å². The van der Waals surface area contributed by atoms with Crippen molar-refractivity contribution < 1.29 is 22.7 Å². The summed E-state index contributed by atoms with van der Waals surface area (Å²) in [5.41, 5.74) is 0.284. The van der Waals surface area contributed by atoms with Crippen LogP contribution in [0.1, 0.15) is 28.3 Å². The molecule has 0 bridgehead atoms. The van der Waals surface area contributed by atoms with E-state index >= 15 is 0 Å². The molecule has 8 nitrogen and oxygen atoms in total. The van der Waals surface area contributed by atoms with E-state index in [4.69, 9.17) is 9.47 Å². The smallest absolute Gasteiger partial charge is 0.270 e. The van der Waals surface area contributed by atoms with Gasteiger partial charge in [0, 0.05) is 51.3 Å². The predicted octanol–water partition coefficient (Wildman–Crippen LogP) is 3.29. The normalized spacial score (nSPS) is 11.8. The van der Waals surface area contributed by atoms with Gasteiger partial charge in [0.25, 0.3) is 5.91 Å². The standard InChI is InChI=1S/C23H29N3O5S2/c1-30-14-6-12-24-23(27)20-17-32-22(25-20)16-26(13-7-15-31-2)33(28,29)21-11-5-9-18-8-3-4-10-19(18)21/h3-5,8-11,17H,6-7,12-16H2,1-2H3,(H,24,27). The third kappa shape index (κ3) is 6.58. The highest BCUT2D eigenvalue weighted by Gasteiger charge is 2.27. The van der Waals surface area contributed by atoms with E-state index in [1.54, 1.807) is 31.7 Å². The Morgan fingerprint density at radius 1 is 1.06 bits per heavy atom. The number of rotatable bonds is 13. The number of aromatic nitrogens is 1. The Balaban J connectivity index is 1.82. The molecule has 0 aliphatic rings. The van der Waals surface area contributed by atoms with Crippen LogP contribution >= 0.6 is 11.3 Å². The summed E-state index contributed by atoms with van der Waals surface area (Å²) in [4.78, 5) is 17.0. The number of nitrogens with one attached hydrogen (secondary N) is 1. The molecule has 0 spiro atoms. The summed E-state index contributed by atoms with van der Waals surface area (Å²) in [5.74, 6) is -0.281. The SMILES string of the molecule is COCCCNC(=O)c1csc(CN(CCCOC)S(=O)(=O)c2cccc3ccccc23)n1. The lowest BCUT2D eigenvalue weighted by molar-refractivity contribution is 0.0944. The lowest BCUT2D eigenvalue weighted by atomic mass is 10.1. The minimum atomic E-state index is -3.81. The molecule has 0 unspecified atom stereocenters. The van der Waals surface area contributed by atoms with Crippen LogP contribution in [-0.4, -0.2) is 64.1 Å². The maximum atomic E-state index is 13.7. The first-order valence-corrected chi connectivity index (χ1v) is 13.0. The Bertz CT molecular complexity index is 1160. The second-order valence-corrected chi connectivity index (χ2v) is 10.2. The van der Waals surface area contributed by atoms with Crippen LogP contribution in [0.2, 0.25) is 0 Å². The molecule has 0 atom stereocenters. The number of hydrogen-bond acceptors (Lipinski definition) is 7. The van der Waals surface area contributed by atoms with Gasteiger partial charge >= 0.3 is 0 Å². The maximum absolute atomic E-state index is 13.7. The molecule has 3 aromatic rings. The van der Waals surface area contributed by atoms with Gasteiger partial charge < -0.3 is 14.8 Å². The van der Waals surface area contributed by atoms with Crippen molar-refractivity contribution in [2.75, 3.05) is 40.5 Å². The lowest BCUT2D eigenvalue weighted by Gasteiger charge is -2.22. The van der Waals surface area contributed by atoms with E-state index in [0.717, 1.165) is 5.39 Å². The Hall–Kier alpha value is -2.37. The molecule has 1 heterocycles. The summed E-state index contributed by atoms with van der Waals surface area (Å²) >= 11 is 1.27. The van der Waals surface area contributed by atoms with Crippen molar-refractivity contribution in [3.63, 3.8) is 0 Å². The molecule has 33 heavy (non-hydrogen) atoms. The number of nitrogens with zero attached hydrogens (tertiary/aromatic N) is 2. The van der Waals surface area contributed by atoms with E-state index in [1.807, 2.05) is 30.3 Å². The molecule has 1 amide bonds. The molecule has 0 saturated carbocycles. The molecule has 178 valence electrons. The van der Waals surface area contributed by atoms with Crippen LogP contribution < -0.4 is 5.32 Å². The van der Waals surface area contributed by atoms with Crippen molar-refractivity contribution in [2.24, 2.45) is 0 Å². The van der Waals surface area contributed by atoms with E-state index in [0.29, 0.717) is 43.0 Å². The second kappa shape index (κ2) is 12.2. The molecule has 1 N–H and O–H groups in total. The second-order valence-electron chi connectivity index (χ2n) is 7.39. The number of fused-ring (bicyclic) bond motifs is 1. The average Bonchev–Trinajstić information content (AvgIpc) is 3.29. The number of amides is 1. The summed E-state index contributed by atoms with van der Waals surface area (Å²) < 4.78 is 38.8. The molecule has 0 aliphatic heterocycles. The van der Waals surface area contributed by atoms with Crippen LogP contribution in [0.3, 0.4) is 0 Å². The van der Waals surface area contributed by atoms with Crippen LogP contribution in [0.15, 0.2) is 52.7 Å². The van der Waals surface area contributed by atoms with Gasteiger partial charge in [-0.1, -0.05) is 36.4 Å². The van der Waals surface area contributed by atoms with Crippen molar-refractivity contribution in [1.29, 1.82) is 0 Å². The van der Waals surface area contributed by atoms with Crippen molar-refractivity contribution in [3.05, 3.63) is 58.5 Å². The molecule has 2 aromatic carbocycles. The van der Waals surface area contributed by atoms with Crippen LogP contribution in [-0.2, 0) is 26.0 Å². The zero-order chi connectivity index (χ0) is 23.7. The van der Waals surface area contributed by atoms with Crippen LogP contribution in [0, 0.1) is 0 Å². The quantitative estimate of drug-likeness (QED) is 0.369. The number of thiazole rings is 1. The Morgan fingerprint density at radius 2 is 1.79 bits per heavy atom. The molecule has 0 aliphatic carbocycles. The van der Waals surface area contributed by atoms with Gasteiger partial charge in [0.2, 0.25) is 10.0 Å². The fourth-order valence-electron chi connectivity index (χ4n) is 3.38. The molecule has 0 saturated heterocycles. The molecule has 0 radical (unpaired) electrons. The largest absolute Gasteiger partial charge is 0.385 e. The molecule has 1 aromatic heterocycles. The number of methoxy groups -OCH3 is 2. The van der Waals surface area contributed by atoms with Gasteiger partial charge in [0.05, 0.1) is 11.4 Å². The summed E-state index contributed by atoms with van der Waals surface area (Å²) in [5, 5.41) is 6.53. The van der Waals surface area contributed by atoms with Gasteiger partial charge in [-0.3, -0.25) is 4.79 Å². The first kappa shape index (κ1) is 25.3. The average molecular weight is 492 g/mol. The van der Waals surface area contributed by atoms with Crippen molar-refractivity contribution in [1.82, 2.24) is 14.6 Å². The number of hydrogen-bond donors (Lipinski definition) is 1. The lowest BCUT2D eigenvalue weighted by Crippen LogP contribution is -2.32. The molecule has 10 heteroatoms. The number of carbonyl (C=O) groups excluding carboxylic acids is 1. The zero-order valence-electron chi connectivity index (χ0n) is 18.8. The highest BCUT2D eigenvalue weighted by Crippen LogP contribution is 2.27. The van der Waals surface area contributed by atoms with Gasteiger partial charge in [0.15, 0.2) is 0 Å². The van der Waals surface area contributed by atoms with E-state index in [-0.39, 0.29) is 29.6 Å². The van der Waals surface area contributed by atoms with Gasteiger partial charge in [-0.25, -0.2) is 13.4 Å². The van der Waals surface area contributed by atoms with Gasteiger partial charge in [-0.05, 0) is 24.3 Å². The van der Waals surface area contributed by atoms with Crippen LogP contribution in [0.4, 0.5) is 0 Å². The van der Waals surface area contributed by atoms with Crippen LogP contribution in [0.5, 0.6) is 0 Å². The monoisotopic (exact) mass is 491 g/mol. The molecular weight excluding hydrogens is 462 g/mol. The third-order valence-corrected chi connectivity index (χ3v) is 7.77. The number of sulfonamides is 1. The van der Waals surface area contributed by atoms with E-state index in [9.17, 15) is 13.2 Å². The topological polar surface area (TPSA) is 97.8 Å². The molecular formula is C23H29N3O5S2. The van der Waals surface area contributed by atoms with E-state index in [2.05, 4.69) is 10.3 Å². The Kier molecular flexibility index (Phi) is 9.33. The van der Waals surface area contributed by atoms with Crippen LogP contribution in [0.25, 0.3) is 10.8 Å². The zero-order valence-corrected chi connectivity index (χ0v) is 20.5. The predicted molar refractivity (Wildman–Crippen MR) is 129 cm³/mol. The minimum absolute atomic E-state index is 0.0802. The van der Waals surface area contributed by atoms with Gasteiger partial charge in [-0.2, -0.15) is 4.31 Å². The summed E-state index contributed by atoms with van der Waals surface area (Å²) in [7, 11) is -0.612. The fourth-order valence-corrected chi connectivity index (χ4v) is 5.90. The number of ether oxygens (including phenoxy) is 2. The van der Waals surface area contributed by atoms with Crippen molar-refractivity contribution in [3.8, 4) is 0 Å². The maximum Gasteiger partial charge on any atom is 0.270 e. The van der Waals surface area contributed by atoms with Gasteiger partial charge in [0.1, 0.15) is 10.7 Å². The third-order valence-electron chi connectivity index (χ3n) is 5.03. The first-order valence-electron chi connectivity index (χ1n) is 10.7. The van der Waals surface area contributed by atoms with Crippen molar-refractivity contribution >= 4 is 38.0 Å². The fraction of sp³-hybridized carbons (Fsp3) is 0.391. The Morgan fingerprint density at radius 3 is 2.58 bits per heavy atom. The number of carbonyl (C=O) groups is 1.